The minimum absolute atomic E-state index is 0.0729. The average Bonchev–Trinajstić information content (AvgIpc) is 2.75. The van der Waals surface area contributed by atoms with Crippen LogP contribution in [0, 0.1) is 0 Å². The number of rotatable bonds is 3. The van der Waals surface area contributed by atoms with Crippen LogP contribution in [0.25, 0.3) is 22.1 Å². The third kappa shape index (κ3) is 4.77. The number of nitrogens with one attached hydrogen (secondary N) is 2. The van der Waals surface area contributed by atoms with Gasteiger partial charge in [0.25, 0.3) is 5.91 Å². The van der Waals surface area contributed by atoms with E-state index in [1.165, 1.54) is 12.1 Å². The summed E-state index contributed by atoms with van der Waals surface area (Å²) in [5.74, 6) is -0.490. The second kappa shape index (κ2) is 8.89. The fourth-order valence-corrected chi connectivity index (χ4v) is 3.62. The highest BCUT2D eigenvalue weighted by Crippen LogP contribution is 2.24. The van der Waals surface area contributed by atoms with Gasteiger partial charge in [0.05, 0.1) is 16.1 Å². The molecule has 0 aliphatic rings. The van der Waals surface area contributed by atoms with Gasteiger partial charge in [-0.3, -0.25) is 10.1 Å². The summed E-state index contributed by atoms with van der Waals surface area (Å²) < 4.78 is 5.41. The largest absolute Gasteiger partial charge is 0.422 e. The third-order valence-corrected chi connectivity index (χ3v) is 5.24. The number of carbonyl (C=O) groups is 1. The molecule has 1 aromatic heterocycles. The summed E-state index contributed by atoms with van der Waals surface area (Å²) in [7, 11) is 0. The van der Waals surface area contributed by atoms with Crippen molar-refractivity contribution in [1.29, 1.82) is 0 Å². The summed E-state index contributed by atoms with van der Waals surface area (Å²) in [6.45, 7) is 0. The standard InChI is InChI=1S/C23H14Cl2N2O3S/c24-15-8-9-19(25)18(12-15)21(28)27-23(31)26-16-6-3-5-13(10-16)17-11-14-4-1-2-7-20(14)30-22(17)29/h1-12H,(H2,26,27,28,31). The molecular formula is C23H14Cl2N2O3S. The van der Waals surface area contributed by atoms with Gasteiger partial charge in [0.15, 0.2) is 5.11 Å². The Labute approximate surface area is 192 Å². The van der Waals surface area contributed by atoms with Gasteiger partial charge in [0, 0.05) is 16.1 Å². The van der Waals surface area contributed by atoms with Crippen LogP contribution in [0.3, 0.4) is 0 Å². The lowest BCUT2D eigenvalue weighted by atomic mass is 10.1. The summed E-state index contributed by atoms with van der Waals surface area (Å²) in [5, 5.41) is 7.03. The topological polar surface area (TPSA) is 71.3 Å². The average molecular weight is 469 g/mol. The first-order valence-electron chi connectivity index (χ1n) is 9.11. The van der Waals surface area contributed by atoms with Crippen molar-refractivity contribution >= 4 is 63.1 Å². The van der Waals surface area contributed by atoms with E-state index in [0.29, 0.717) is 27.4 Å². The highest BCUT2D eigenvalue weighted by atomic mass is 35.5. The number of para-hydroxylation sites is 1. The molecule has 31 heavy (non-hydrogen) atoms. The fourth-order valence-electron chi connectivity index (χ4n) is 3.03. The predicted molar refractivity (Wildman–Crippen MR) is 128 cm³/mol. The predicted octanol–water partition coefficient (Wildman–Crippen LogP) is 5.89. The van der Waals surface area contributed by atoms with Crippen LogP contribution in [0.4, 0.5) is 5.69 Å². The monoisotopic (exact) mass is 468 g/mol. The van der Waals surface area contributed by atoms with Crippen LogP contribution >= 0.6 is 35.4 Å². The minimum atomic E-state index is -0.490. The quantitative estimate of drug-likeness (QED) is 0.289. The van der Waals surface area contributed by atoms with E-state index in [1.54, 1.807) is 48.5 Å². The molecule has 0 saturated carbocycles. The number of amides is 1. The molecule has 2 N–H and O–H groups in total. The van der Waals surface area contributed by atoms with Crippen LogP contribution in [0.1, 0.15) is 10.4 Å². The maximum absolute atomic E-state index is 12.4. The van der Waals surface area contributed by atoms with Gasteiger partial charge in [0.2, 0.25) is 0 Å². The van der Waals surface area contributed by atoms with Gasteiger partial charge in [-0.1, -0.05) is 53.5 Å². The third-order valence-electron chi connectivity index (χ3n) is 4.47. The van der Waals surface area contributed by atoms with E-state index in [4.69, 9.17) is 39.8 Å². The molecule has 154 valence electrons. The zero-order chi connectivity index (χ0) is 22.0. The molecule has 1 amide bonds. The van der Waals surface area contributed by atoms with E-state index in [9.17, 15) is 9.59 Å². The summed E-state index contributed by atoms with van der Waals surface area (Å²) in [5.41, 5.74) is 1.95. The van der Waals surface area contributed by atoms with Gasteiger partial charge in [-0.05, 0) is 60.2 Å². The maximum Gasteiger partial charge on any atom is 0.344 e. The van der Waals surface area contributed by atoms with Crippen LogP contribution in [0.2, 0.25) is 10.0 Å². The molecule has 1 heterocycles. The Balaban J connectivity index is 1.54. The molecule has 8 heteroatoms. The SMILES string of the molecule is O=C(NC(=S)Nc1cccc(-c2cc3ccccc3oc2=O)c1)c1cc(Cl)ccc1Cl. The normalized spacial score (nSPS) is 10.6. The lowest BCUT2D eigenvalue weighted by Gasteiger charge is -2.11. The number of hydrogen-bond acceptors (Lipinski definition) is 4. The smallest absolute Gasteiger partial charge is 0.344 e. The molecule has 0 fully saturated rings. The van der Waals surface area contributed by atoms with E-state index in [-0.39, 0.29) is 15.7 Å². The van der Waals surface area contributed by atoms with Crippen LogP contribution < -0.4 is 16.3 Å². The van der Waals surface area contributed by atoms with E-state index in [0.717, 1.165) is 5.39 Å². The van der Waals surface area contributed by atoms with Gasteiger partial charge in [-0.25, -0.2) is 4.79 Å². The van der Waals surface area contributed by atoms with Gasteiger partial charge in [0.1, 0.15) is 5.58 Å². The molecule has 0 atom stereocenters. The van der Waals surface area contributed by atoms with Crippen molar-refractivity contribution < 1.29 is 9.21 Å². The zero-order valence-electron chi connectivity index (χ0n) is 15.8. The van der Waals surface area contributed by atoms with E-state index < -0.39 is 11.5 Å². The number of anilines is 1. The first kappa shape index (κ1) is 21.1. The van der Waals surface area contributed by atoms with Crippen molar-refractivity contribution in [2.45, 2.75) is 0 Å². The van der Waals surface area contributed by atoms with Gasteiger partial charge in [-0.2, -0.15) is 0 Å². The van der Waals surface area contributed by atoms with Crippen molar-refractivity contribution in [2.24, 2.45) is 0 Å². The first-order chi connectivity index (χ1) is 14.9. The van der Waals surface area contributed by atoms with E-state index in [2.05, 4.69) is 10.6 Å². The van der Waals surface area contributed by atoms with E-state index in [1.807, 2.05) is 12.1 Å². The van der Waals surface area contributed by atoms with Crippen LogP contribution in [-0.2, 0) is 0 Å². The molecule has 4 aromatic rings. The van der Waals surface area contributed by atoms with Crippen molar-refractivity contribution in [3.8, 4) is 11.1 Å². The Morgan fingerprint density at radius 1 is 0.935 bits per heavy atom. The summed E-state index contributed by atoms with van der Waals surface area (Å²) in [4.78, 5) is 24.9. The molecule has 3 aromatic carbocycles. The number of benzene rings is 3. The second-order valence-electron chi connectivity index (χ2n) is 6.60. The van der Waals surface area contributed by atoms with Crippen LogP contribution in [0.5, 0.6) is 0 Å². The number of carbonyl (C=O) groups excluding carboxylic acids is 1. The molecule has 0 radical (unpaired) electrons. The molecular weight excluding hydrogens is 455 g/mol. The lowest BCUT2D eigenvalue weighted by Crippen LogP contribution is -2.34. The molecule has 0 saturated heterocycles. The van der Waals surface area contributed by atoms with Gasteiger partial charge < -0.3 is 9.73 Å². The molecule has 4 rings (SSSR count). The Bertz CT molecular complexity index is 1380. The van der Waals surface area contributed by atoms with Crippen LogP contribution in [-0.4, -0.2) is 11.0 Å². The number of hydrogen-bond donors (Lipinski definition) is 2. The summed E-state index contributed by atoms with van der Waals surface area (Å²) in [6.07, 6.45) is 0. The highest BCUT2D eigenvalue weighted by molar-refractivity contribution is 7.80. The zero-order valence-corrected chi connectivity index (χ0v) is 18.1. The Hall–Kier alpha value is -3.19. The lowest BCUT2D eigenvalue weighted by molar-refractivity contribution is 0.0978. The van der Waals surface area contributed by atoms with E-state index >= 15 is 0 Å². The molecule has 0 bridgehead atoms. The maximum atomic E-state index is 12.4. The Morgan fingerprint density at radius 2 is 1.74 bits per heavy atom. The van der Waals surface area contributed by atoms with Crippen LogP contribution in [0.15, 0.2) is 82.0 Å². The number of fused-ring (bicyclic) bond motifs is 1. The molecule has 0 aliphatic carbocycles. The summed E-state index contributed by atoms with van der Waals surface area (Å²) >= 11 is 17.2. The van der Waals surface area contributed by atoms with Crippen molar-refractivity contribution in [1.82, 2.24) is 5.32 Å². The highest BCUT2D eigenvalue weighted by Gasteiger charge is 2.13. The fraction of sp³-hybridized carbons (Fsp3) is 0. The number of thiocarbonyl (C=S) groups is 1. The molecule has 0 aliphatic heterocycles. The second-order valence-corrected chi connectivity index (χ2v) is 7.85. The first-order valence-corrected chi connectivity index (χ1v) is 10.3. The van der Waals surface area contributed by atoms with Crippen molar-refractivity contribution in [3.63, 3.8) is 0 Å². The molecule has 0 spiro atoms. The minimum Gasteiger partial charge on any atom is -0.422 e. The Kier molecular flexibility index (Phi) is 6.04. The van der Waals surface area contributed by atoms with Gasteiger partial charge in [-0.15, -0.1) is 0 Å². The van der Waals surface area contributed by atoms with Crippen molar-refractivity contribution in [2.75, 3.05) is 5.32 Å². The van der Waals surface area contributed by atoms with Gasteiger partial charge >= 0.3 is 5.63 Å². The Morgan fingerprint density at radius 3 is 2.58 bits per heavy atom. The molecule has 5 nitrogen and oxygen atoms in total. The summed E-state index contributed by atoms with van der Waals surface area (Å²) in [6, 6.07) is 20.7. The molecule has 0 unspecified atom stereocenters. The van der Waals surface area contributed by atoms with Crippen molar-refractivity contribution in [3.05, 3.63) is 98.8 Å². The number of halogens is 2.